The van der Waals surface area contributed by atoms with E-state index in [1.807, 2.05) is 0 Å². The van der Waals surface area contributed by atoms with Gasteiger partial charge in [0.2, 0.25) is 0 Å². The summed E-state index contributed by atoms with van der Waals surface area (Å²) in [5.41, 5.74) is 0.196. The number of anilines is 1. The summed E-state index contributed by atoms with van der Waals surface area (Å²) in [4.78, 5) is 15.7. The van der Waals surface area contributed by atoms with Gasteiger partial charge in [0.25, 0.3) is 5.91 Å². The molecular formula is C13H10F2N2O3. The molecule has 0 spiro atoms. The van der Waals surface area contributed by atoms with Crippen LogP contribution in [-0.2, 0) is 0 Å². The second-order valence-corrected chi connectivity index (χ2v) is 4.06. The van der Waals surface area contributed by atoms with Crippen molar-refractivity contribution in [1.29, 1.82) is 0 Å². The summed E-state index contributed by atoms with van der Waals surface area (Å²) in [5.74, 6) is -4.92. The molecule has 0 saturated carbocycles. The molecule has 0 radical (unpaired) electrons. The van der Waals surface area contributed by atoms with Gasteiger partial charge in [0.1, 0.15) is 0 Å². The number of hydrogen-bond acceptors (Lipinski definition) is 4. The van der Waals surface area contributed by atoms with Gasteiger partial charge in [-0.05, 0) is 31.2 Å². The molecule has 0 atom stereocenters. The summed E-state index contributed by atoms with van der Waals surface area (Å²) in [6.07, 6.45) is 0. The van der Waals surface area contributed by atoms with E-state index in [9.17, 15) is 18.7 Å². The van der Waals surface area contributed by atoms with Crippen LogP contribution in [0.5, 0.6) is 11.5 Å². The Morgan fingerprint density at radius 3 is 2.40 bits per heavy atom. The zero-order chi connectivity index (χ0) is 14.9. The Kier molecular flexibility index (Phi) is 3.51. The van der Waals surface area contributed by atoms with Crippen molar-refractivity contribution in [2.45, 2.75) is 6.92 Å². The van der Waals surface area contributed by atoms with Gasteiger partial charge in [0.05, 0.1) is 0 Å². The number of halogens is 2. The third-order valence-corrected chi connectivity index (χ3v) is 2.52. The van der Waals surface area contributed by atoms with Crippen molar-refractivity contribution in [3.05, 3.63) is 47.2 Å². The highest BCUT2D eigenvalue weighted by molar-refractivity contribution is 6.04. The van der Waals surface area contributed by atoms with Gasteiger partial charge in [-0.2, -0.15) is 0 Å². The minimum Gasteiger partial charge on any atom is -0.504 e. The first-order chi connectivity index (χ1) is 9.38. The number of nitrogens with zero attached hydrogens (tertiary/aromatic N) is 1. The molecule has 0 fully saturated rings. The Balaban J connectivity index is 2.31. The summed E-state index contributed by atoms with van der Waals surface area (Å²) in [6.45, 7) is 1.65. The van der Waals surface area contributed by atoms with Gasteiger partial charge in [-0.15, -0.1) is 0 Å². The van der Waals surface area contributed by atoms with Crippen LogP contribution in [0.3, 0.4) is 0 Å². The third kappa shape index (κ3) is 2.66. The molecule has 1 aromatic carbocycles. The fourth-order valence-electron chi connectivity index (χ4n) is 1.52. The summed E-state index contributed by atoms with van der Waals surface area (Å²) < 4.78 is 26.3. The largest absolute Gasteiger partial charge is 0.504 e. The van der Waals surface area contributed by atoms with Crippen molar-refractivity contribution < 1.29 is 23.8 Å². The number of aryl methyl sites for hydroxylation is 1. The molecule has 0 saturated heterocycles. The average molecular weight is 280 g/mol. The third-order valence-electron chi connectivity index (χ3n) is 2.52. The Hall–Kier alpha value is -2.70. The lowest BCUT2D eigenvalue weighted by atomic mass is 10.2. The summed E-state index contributed by atoms with van der Waals surface area (Å²) in [6, 6.07) is 4.22. The second-order valence-electron chi connectivity index (χ2n) is 4.06. The van der Waals surface area contributed by atoms with Crippen LogP contribution in [0.4, 0.5) is 14.6 Å². The highest BCUT2D eigenvalue weighted by Crippen LogP contribution is 2.24. The number of aromatic nitrogens is 1. The van der Waals surface area contributed by atoms with E-state index in [2.05, 4.69) is 10.3 Å². The number of nitrogens with one attached hydrogen (secondary N) is 1. The lowest BCUT2D eigenvalue weighted by Crippen LogP contribution is -2.14. The number of pyridine rings is 1. The Labute approximate surface area is 112 Å². The van der Waals surface area contributed by atoms with Crippen LogP contribution in [0, 0.1) is 18.6 Å². The number of hydrogen-bond donors (Lipinski definition) is 3. The number of rotatable bonds is 2. The van der Waals surface area contributed by atoms with Gasteiger partial charge >= 0.3 is 0 Å². The number of benzene rings is 1. The number of carbonyl (C=O) groups excluding carboxylic acids is 1. The van der Waals surface area contributed by atoms with Gasteiger partial charge in [0, 0.05) is 11.3 Å². The molecule has 5 nitrogen and oxygen atoms in total. The van der Waals surface area contributed by atoms with E-state index in [-0.39, 0.29) is 17.1 Å². The topological polar surface area (TPSA) is 82.5 Å². The first-order valence-corrected chi connectivity index (χ1v) is 5.54. The maximum Gasteiger partial charge on any atom is 0.257 e. The van der Waals surface area contributed by atoms with Crippen LogP contribution in [0.15, 0.2) is 24.3 Å². The van der Waals surface area contributed by atoms with Crippen LogP contribution in [0.1, 0.15) is 16.1 Å². The molecule has 1 aromatic heterocycles. The van der Waals surface area contributed by atoms with E-state index >= 15 is 0 Å². The standard InChI is InChI=1S/C13H10F2N2O3/c1-6-2-3-10(18)12(16-6)17-13(20)7-4-8(14)11(19)9(15)5-7/h2-5,18-19H,1H3,(H,16,17,20). The predicted octanol–water partition coefficient (Wildman–Crippen LogP) is 2.33. The van der Waals surface area contributed by atoms with Crippen molar-refractivity contribution in [3.63, 3.8) is 0 Å². The van der Waals surface area contributed by atoms with Crippen molar-refractivity contribution in [2.24, 2.45) is 0 Å². The molecule has 2 rings (SSSR count). The van der Waals surface area contributed by atoms with Crippen LogP contribution in [0.25, 0.3) is 0 Å². The number of carbonyl (C=O) groups is 1. The number of phenols is 1. The number of aromatic hydroxyl groups is 2. The van der Waals surface area contributed by atoms with Gasteiger partial charge in [0.15, 0.2) is 29.0 Å². The lowest BCUT2D eigenvalue weighted by Gasteiger charge is -2.08. The predicted molar refractivity (Wildman–Crippen MR) is 66.6 cm³/mol. The molecule has 0 bridgehead atoms. The Morgan fingerprint density at radius 2 is 1.80 bits per heavy atom. The molecule has 2 aromatic rings. The quantitative estimate of drug-likeness (QED) is 0.788. The SMILES string of the molecule is Cc1ccc(O)c(NC(=O)c2cc(F)c(O)c(F)c2)n1. The van der Waals surface area contributed by atoms with Gasteiger partial charge in [-0.1, -0.05) is 0 Å². The Morgan fingerprint density at radius 1 is 1.20 bits per heavy atom. The fraction of sp³-hybridized carbons (Fsp3) is 0.0769. The molecule has 104 valence electrons. The van der Waals surface area contributed by atoms with E-state index in [0.29, 0.717) is 17.8 Å². The summed E-state index contributed by atoms with van der Waals surface area (Å²) in [5, 5.41) is 20.7. The van der Waals surface area contributed by atoms with Gasteiger partial charge < -0.3 is 15.5 Å². The summed E-state index contributed by atoms with van der Waals surface area (Å²) in [7, 11) is 0. The van der Waals surface area contributed by atoms with Crippen LogP contribution < -0.4 is 5.32 Å². The van der Waals surface area contributed by atoms with Crippen LogP contribution >= 0.6 is 0 Å². The molecule has 3 N–H and O–H groups in total. The van der Waals surface area contributed by atoms with E-state index in [4.69, 9.17) is 5.11 Å². The normalized spacial score (nSPS) is 10.3. The smallest absolute Gasteiger partial charge is 0.257 e. The number of phenolic OH excluding ortho intramolecular Hbond substituents is 1. The molecule has 0 unspecified atom stereocenters. The maximum atomic E-state index is 13.1. The van der Waals surface area contributed by atoms with Crippen molar-refractivity contribution in [2.75, 3.05) is 5.32 Å². The zero-order valence-electron chi connectivity index (χ0n) is 10.3. The van der Waals surface area contributed by atoms with E-state index in [0.717, 1.165) is 0 Å². The summed E-state index contributed by atoms with van der Waals surface area (Å²) >= 11 is 0. The van der Waals surface area contributed by atoms with Crippen molar-refractivity contribution >= 4 is 11.7 Å². The first kappa shape index (κ1) is 13.7. The molecule has 0 aliphatic carbocycles. The monoisotopic (exact) mass is 280 g/mol. The van der Waals surface area contributed by atoms with Gasteiger partial charge in [-0.3, -0.25) is 4.79 Å². The highest BCUT2D eigenvalue weighted by Gasteiger charge is 2.16. The van der Waals surface area contributed by atoms with E-state index < -0.39 is 23.3 Å². The Bertz CT molecular complexity index is 666. The zero-order valence-corrected chi connectivity index (χ0v) is 10.3. The van der Waals surface area contributed by atoms with Crippen molar-refractivity contribution in [3.8, 4) is 11.5 Å². The average Bonchev–Trinajstić information content (AvgIpc) is 2.39. The highest BCUT2D eigenvalue weighted by atomic mass is 19.1. The van der Waals surface area contributed by atoms with E-state index in [1.54, 1.807) is 6.92 Å². The molecule has 7 heteroatoms. The lowest BCUT2D eigenvalue weighted by molar-refractivity contribution is 0.102. The molecular weight excluding hydrogens is 270 g/mol. The van der Waals surface area contributed by atoms with Gasteiger partial charge in [-0.25, -0.2) is 13.8 Å². The second kappa shape index (κ2) is 5.12. The molecule has 1 heterocycles. The first-order valence-electron chi connectivity index (χ1n) is 5.54. The number of amides is 1. The fourth-order valence-corrected chi connectivity index (χ4v) is 1.52. The van der Waals surface area contributed by atoms with Crippen LogP contribution in [-0.4, -0.2) is 21.1 Å². The molecule has 0 aliphatic rings. The maximum absolute atomic E-state index is 13.1. The van der Waals surface area contributed by atoms with Crippen molar-refractivity contribution in [1.82, 2.24) is 4.98 Å². The van der Waals surface area contributed by atoms with E-state index in [1.165, 1.54) is 12.1 Å². The molecule has 20 heavy (non-hydrogen) atoms. The minimum absolute atomic E-state index is 0.121. The minimum atomic E-state index is -1.25. The van der Waals surface area contributed by atoms with Crippen LogP contribution in [0.2, 0.25) is 0 Å². The molecule has 1 amide bonds. The molecule has 0 aliphatic heterocycles.